The number of fused-ring (bicyclic) bond motifs is 5. The van der Waals surface area contributed by atoms with E-state index in [4.69, 9.17) is 0 Å². The van der Waals surface area contributed by atoms with Gasteiger partial charge in [-0.15, -0.1) is 0 Å². The molecule has 0 saturated heterocycles. The van der Waals surface area contributed by atoms with Gasteiger partial charge >= 0.3 is 16.2 Å². The molecule has 4 fully saturated rings. The molecule has 0 aliphatic heterocycles. The van der Waals surface area contributed by atoms with Crippen molar-refractivity contribution in [2.45, 2.75) is 97.7 Å². The molecule has 2 amide bonds. The highest BCUT2D eigenvalue weighted by molar-refractivity contribution is 7.87. The molecule has 4 saturated carbocycles. The summed E-state index contributed by atoms with van der Waals surface area (Å²) in [6.07, 6.45) is 8.69. The van der Waals surface area contributed by atoms with E-state index in [0.29, 0.717) is 42.1 Å². The summed E-state index contributed by atoms with van der Waals surface area (Å²) in [4.78, 5) is 12.1. The molecule has 8 nitrogen and oxygen atoms in total. The zero-order valence-electron chi connectivity index (χ0n) is 23.7. The molecule has 4 aliphatic rings. The smallest absolute Gasteiger partial charge is 0.329 e. The van der Waals surface area contributed by atoms with Crippen LogP contribution >= 0.6 is 0 Å². The number of urea groups is 1. The molecule has 0 aromatic rings. The van der Waals surface area contributed by atoms with Gasteiger partial charge in [0.15, 0.2) is 0 Å². The summed E-state index contributed by atoms with van der Waals surface area (Å²) in [5.41, 5.74) is 0.382. The first kappa shape index (κ1) is 29.1. The average Bonchev–Trinajstić information content (AvgIpc) is 3.17. The van der Waals surface area contributed by atoms with Crippen LogP contribution in [0, 0.1) is 52.3 Å². The normalized spacial score (nSPS) is 44.5. The monoisotopic (exact) mass is 541 g/mol. The number of nitrogens with one attached hydrogen (secondary N) is 2. The minimum atomic E-state index is -3.80. The molecule has 11 atom stereocenters. The van der Waals surface area contributed by atoms with Crippen LogP contribution in [0.25, 0.3) is 0 Å². The summed E-state index contributed by atoms with van der Waals surface area (Å²) < 4.78 is 26.8. The van der Waals surface area contributed by atoms with Crippen molar-refractivity contribution in [1.82, 2.24) is 14.3 Å². The first-order valence-corrected chi connectivity index (χ1v) is 16.0. The number of amides is 2. The SMILES string of the molecule is CC[C@H]1[C@@H](O)[C@@H]2[C@H](CC[C@]3(C)[C@@H]([C@H](C)CCNC(=O)NS(=O)(=O)N(C)C)CC[C@@H]23)[C@@]2(C)CC[C@@H](O)C[C@@H]12. The van der Waals surface area contributed by atoms with Gasteiger partial charge in [0.1, 0.15) is 0 Å². The highest BCUT2D eigenvalue weighted by Gasteiger charge is 2.64. The average molecular weight is 542 g/mol. The Hall–Kier alpha value is -0.900. The number of aliphatic hydroxyl groups excluding tert-OH is 2. The number of carbonyl (C=O) groups excluding carboxylic acids is 1. The van der Waals surface area contributed by atoms with Crippen LogP contribution in [0.1, 0.15) is 85.5 Å². The first-order chi connectivity index (χ1) is 17.3. The van der Waals surface area contributed by atoms with Crippen molar-refractivity contribution in [1.29, 1.82) is 0 Å². The number of hydrogen-bond donors (Lipinski definition) is 4. The second-order valence-electron chi connectivity index (χ2n) is 13.5. The molecule has 4 rings (SSSR count). The molecule has 4 aliphatic carbocycles. The summed E-state index contributed by atoms with van der Waals surface area (Å²) in [5, 5.41) is 25.0. The lowest BCUT2D eigenvalue weighted by atomic mass is 9.41. The second kappa shape index (κ2) is 10.6. The summed E-state index contributed by atoms with van der Waals surface area (Å²) in [6, 6.07) is -0.687. The number of nitrogens with zero attached hydrogens (tertiary/aromatic N) is 1. The minimum Gasteiger partial charge on any atom is -0.393 e. The second-order valence-corrected chi connectivity index (χ2v) is 15.4. The van der Waals surface area contributed by atoms with Crippen molar-refractivity contribution in [3.63, 3.8) is 0 Å². The van der Waals surface area contributed by atoms with Gasteiger partial charge in [-0.05, 0) is 104 Å². The molecule has 0 radical (unpaired) electrons. The van der Waals surface area contributed by atoms with E-state index in [0.717, 1.165) is 55.7 Å². The molecule has 9 heteroatoms. The van der Waals surface area contributed by atoms with Crippen LogP contribution in [0.5, 0.6) is 0 Å². The molecule has 0 aromatic carbocycles. The van der Waals surface area contributed by atoms with Crippen molar-refractivity contribution < 1.29 is 23.4 Å². The summed E-state index contributed by atoms with van der Waals surface area (Å²) in [7, 11) is -1.03. The van der Waals surface area contributed by atoms with Crippen molar-refractivity contribution in [3.8, 4) is 0 Å². The van der Waals surface area contributed by atoms with Crippen LogP contribution in [-0.4, -0.2) is 61.8 Å². The Balaban J connectivity index is 1.44. The van der Waals surface area contributed by atoms with Gasteiger partial charge in [-0.1, -0.05) is 34.1 Å². The zero-order valence-corrected chi connectivity index (χ0v) is 24.6. The Morgan fingerprint density at radius 3 is 2.32 bits per heavy atom. The fourth-order valence-electron chi connectivity index (χ4n) is 9.79. The molecule has 0 heterocycles. The van der Waals surface area contributed by atoms with E-state index >= 15 is 0 Å². The standard InChI is InChI=1S/C28H51N3O5S/c1-7-19-23-16-18(32)10-13-28(23,4)22-11-14-27(3)20(8-9-21(27)24(22)25(19)33)17(2)12-15-29-26(34)30-37(35,36)31(5)6/h17-25,32-33H,7-16H2,1-6H3,(H2,29,30,34)/t17-,18-,19-,20-,21+,22+,23+,24+,25-,27-,28-/m1/s1. The number of aliphatic hydroxyl groups is 2. The van der Waals surface area contributed by atoms with Gasteiger partial charge < -0.3 is 15.5 Å². The summed E-state index contributed by atoms with van der Waals surface area (Å²) in [5.74, 6) is 2.96. The minimum absolute atomic E-state index is 0.174. The number of carbonyl (C=O) groups is 1. The topological polar surface area (TPSA) is 119 Å². The van der Waals surface area contributed by atoms with Crippen LogP contribution < -0.4 is 10.0 Å². The van der Waals surface area contributed by atoms with Crippen molar-refractivity contribution in [2.24, 2.45) is 52.3 Å². The third kappa shape index (κ3) is 5.07. The van der Waals surface area contributed by atoms with Gasteiger partial charge in [0.05, 0.1) is 12.2 Å². The fourth-order valence-corrected chi connectivity index (χ4v) is 10.3. The van der Waals surface area contributed by atoms with E-state index in [1.165, 1.54) is 20.5 Å². The third-order valence-corrected chi connectivity index (χ3v) is 13.1. The Morgan fingerprint density at radius 1 is 1.03 bits per heavy atom. The van der Waals surface area contributed by atoms with Crippen LogP contribution in [0.15, 0.2) is 0 Å². The number of hydrogen-bond acceptors (Lipinski definition) is 5. The van der Waals surface area contributed by atoms with E-state index in [9.17, 15) is 23.4 Å². The van der Waals surface area contributed by atoms with E-state index in [1.807, 2.05) is 4.72 Å². The van der Waals surface area contributed by atoms with E-state index < -0.39 is 16.2 Å². The maximum Gasteiger partial charge on any atom is 0.329 e. The number of rotatable bonds is 7. The molecule has 4 N–H and O–H groups in total. The van der Waals surface area contributed by atoms with Crippen LogP contribution in [0.2, 0.25) is 0 Å². The molecule has 0 bridgehead atoms. The predicted molar refractivity (Wildman–Crippen MR) is 145 cm³/mol. The van der Waals surface area contributed by atoms with E-state index in [-0.39, 0.29) is 29.0 Å². The Kier molecular flexibility index (Phi) is 8.32. The van der Waals surface area contributed by atoms with Gasteiger partial charge in [-0.2, -0.15) is 12.7 Å². The quantitative estimate of drug-likeness (QED) is 0.392. The van der Waals surface area contributed by atoms with E-state index in [1.54, 1.807) is 0 Å². The van der Waals surface area contributed by atoms with Gasteiger partial charge in [0.25, 0.3) is 0 Å². The van der Waals surface area contributed by atoms with Crippen LogP contribution in [0.3, 0.4) is 0 Å². The van der Waals surface area contributed by atoms with Gasteiger partial charge in [-0.3, -0.25) is 0 Å². The van der Waals surface area contributed by atoms with Crippen LogP contribution in [-0.2, 0) is 10.2 Å². The lowest BCUT2D eigenvalue weighted by Gasteiger charge is -2.64. The van der Waals surface area contributed by atoms with Crippen molar-refractivity contribution in [2.75, 3.05) is 20.6 Å². The molecular weight excluding hydrogens is 490 g/mol. The molecule has 0 unspecified atom stereocenters. The van der Waals surface area contributed by atoms with Crippen molar-refractivity contribution >= 4 is 16.2 Å². The molecule has 0 aromatic heterocycles. The van der Waals surface area contributed by atoms with E-state index in [2.05, 4.69) is 33.0 Å². The lowest BCUT2D eigenvalue weighted by Crippen LogP contribution is -2.62. The molecule has 0 spiro atoms. The highest BCUT2D eigenvalue weighted by Crippen LogP contribution is 2.69. The molecular formula is C28H51N3O5S. The third-order valence-electron chi connectivity index (χ3n) is 11.7. The summed E-state index contributed by atoms with van der Waals surface area (Å²) in [6.45, 7) is 9.85. The lowest BCUT2D eigenvalue weighted by molar-refractivity contribution is -0.203. The summed E-state index contributed by atoms with van der Waals surface area (Å²) >= 11 is 0. The van der Waals surface area contributed by atoms with Gasteiger partial charge in [0, 0.05) is 20.6 Å². The molecule has 37 heavy (non-hydrogen) atoms. The maximum atomic E-state index is 12.1. The highest BCUT2D eigenvalue weighted by atomic mass is 32.2. The Morgan fingerprint density at radius 2 is 1.68 bits per heavy atom. The first-order valence-electron chi connectivity index (χ1n) is 14.6. The maximum absolute atomic E-state index is 12.1. The Bertz CT molecular complexity index is 944. The molecule has 214 valence electrons. The van der Waals surface area contributed by atoms with Crippen molar-refractivity contribution in [3.05, 3.63) is 0 Å². The van der Waals surface area contributed by atoms with Crippen LogP contribution in [0.4, 0.5) is 4.79 Å². The largest absolute Gasteiger partial charge is 0.393 e. The zero-order chi connectivity index (χ0) is 27.3. The van der Waals surface area contributed by atoms with Gasteiger partial charge in [-0.25, -0.2) is 9.52 Å². The Labute approximate surface area is 224 Å². The van der Waals surface area contributed by atoms with Gasteiger partial charge in [0.2, 0.25) is 0 Å². The predicted octanol–water partition coefficient (Wildman–Crippen LogP) is 3.74. The fraction of sp³-hybridized carbons (Fsp3) is 0.964.